The number of fused-ring (bicyclic) bond motifs is 1. The third-order valence-corrected chi connectivity index (χ3v) is 5.64. The van der Waals surface area contributed by atoms with Gasteiger partial charge < -0.3 is 25.2 Å². The third-order valence-electron chi connectivity index (χ3n) is 5.64. The summed E-state index contributed by atoms with van der Waals surface area (Å²) in [5.41, 5.74) is 8.31. The summed E-state index contributed by atoms with van der Waals surface area (Å²) in [5, 5.41) is 10.6. The Hall–Kier alpha value is -2.54. The number of carbonyl (C=O) groups is 2. The van der Waals surface area contributed by atoms with Crippen LogP contribution in [0.15, 0.2) is 18.2 Å². The summed E-state index contributed by atoms with van der Waals surface area (Å²) in [6.07, 6.45) is 0.468. The standard InChI is InChI=1S/C20H28N4O3/c1-5-23(6-2)19(26)17-9-13(21)11-24(17)20(27)18-12(3)22(4)16-8-7-14(25)10-15(16)18/h7-8,10,13,17,25H,5-6,9,11,21H2,1-4H3/t13-,17-/m0/s1. The second kappa shape index (κ2) is 7.23. The number of aromatic hydroxyl groups is 1. The lowest BCUT2D eigenvalue weighted by Gasteiger charge is -2.29. The molecule has 1 fully saturated rings. The topological polar surface area (TPSA) is 91.8 Å². The Morgan fingerprint density at radius 1 is 1.30 bits per heavy atom. The summed E-state index contributed by atoms with van der Waals surface area (Å²) in [5.74, 6) is -0.153. The van der Waals surface area contributed by atoms with Crippen LogP contribution in [0.1, 0.15) is 36.3 Å². The lowest BCUT2D eigenvalue weighted by molar-refractivity contribution is -0.134. The molecule has 0 spiro atoms. The molecule has 146 valence electrons. The lowest BCUT2D eigenvalue weighted by atomic mass is 10.1. The van der Waals surface area contributed by atoms with Crippen LogP contribution in [0.4, 0.5) is 0 Å². The van der Waals surface area contributed by atoms with Crippen molar-refractivity contribution in [2.24, 2.45) is 12.8 Å². The zero-order valence-electron chi connectivity index (χ0n) is 16.4. The molecule has 1 aliphatic rings. The van der Waals surface area contributed by atoms with Gasteiger partial charge in [-0.2, -0.15) is 0 Å². The molecule has 3 rings (SSSR count). The van der Waals surface area contributed by atoms with Crippen molar-refractivity contribution >= 4 is 22.7 Å². The van der Waals surface area contributed by atoms with Crippen LogP contribution in [0.25, 0.3) is 10.9 Å². The van der Waals surface area contributed by atoms with E-state index < -0.39 is 6.04 Å². The van der Waals surface area contributed by atoms with Crippen LogP contribution in [-0.2, 0) is 11.8 Å². The molecule has 1 aromatic carbocycles. The molecule has 3 N–H and O–H groups in total. The smallest absolute Gasteiger partial charge is 0.257 e. The summed E-state index contributed by atoms with van der Waals surface area (Å²) < 4.78 is 1.93. The average molecular weight is 372 g/mol. The molecule has 1 aromatic heterocycles. The molecule has 2 atom stereocenters. The van der Waals surface area contributed by atoms with Crippen molar-refractivity contribution in [3.63, 3.8) is 0 Å². The molecule has 2 amide bonds. The quantitative estimate of drug-likeness (QED) is 0.853. The van der Waals surface area contributed by atoms with Crippen LogP contribution in [0.5, 0.6) is 5.75 Å². The van der Waals surface area contributed by atoms with E-state index in [4.69, 9.17) is 5.73 Å². The van der Waals surface area contributed by atoms with Crippen molar-refractivity contribution in [3.05, 3.63) is 29.5 Å². The summed E-state index contributed by atoms with van der Waals surface area (Å²) in [4.78, 5) is 29.8. The maximum Gasteiger partial charge on any atom is 0.257 e. The number of rotatable bonds is 4. The van der Waals surface area contributed by atoms with Crippen molar-refractivity contribution in [1.82, 2.24) is 14.4 Å². The van der Waals surface area contributed by atoms with Gasteiger partial charge in [0.25, 0.3) is 5.91 Å². The van der Waals surface area contributed by atoms with Crippen molar-refractivity contribution in [2.45, 2.75) is 39.3 Å². The summed E-state index contributed by atoms with van der Waals surface area (Å²) in [6.45, 7) is 7.29. The third kappa shape index (κ3) is 3.16. The van der Waals surface area contributed by atoms with Crippen LogP contribution in [-0.4, -0.2) is 63.0 Å². The first kappa shape index (κ1) is 19.2. The van der Waals surface area contributed by atoms with E-state index in [0.29, 0.717) is 37.0 Å². The number of nitrogens with two attached hydrogens (primary N) is 1. The first-order valence-electron chi connectivity index (χ1n) is 9.43. The number of likely N-dealkylation sites (tertiary alicyclic amines) is 1. The van der Waals surface area contributed by atoms with Crippen molar-refractivity contribution in [1.29, 1.82) is 0 Å². The van der Waals surface area contributed by atoms with Gasteiger partial charge in [-0.3, -0.25) is 9.59 Å². The molecule has 0 unspecified atom stereocenters. The molecule has 2 aromatic rings. The largest absolute Gasteiger partial charge is 0.508 e. The summed E-state index contributed by atoms with van der Waals surface area (Å²) in [7, 11) is 1.89. The van der Waals surface area contributed by atoms with E-state index in [2.05, 4.69) is 0 Å². The first-order chi connectivity index (χ1) is 12.8. The number of likely N-dealkylation sites (N-methyl/N-ethyl adjacent to an activating group) is 1. The number of aromatic nitrogens is 1. The van der Waals surface area contributed by atoms with E-state index in [-0.39, 0.29) is 23.6 Å². The minimum Gasteiger partial charge on any atom is -0.508 e. The minimum absolute atomic E-state index is 0.0537. The van der Waals surface area contributed by atoms with Gasteiger partial charge in [0, 0.05) is 49.3 Å². The fourth-order valence-corrected chi connectivity index (χ4v) is 4.05. The highest BCUT2D eigenvalue weighted by molar-refractivity contribution is 6.10. The monoisotopic (exact) mass is 372 g/mol. The molecule has 7 nitrogen and oxygen atoms in total. The van der Waals surface area contributed by atoms with Crippen molar-refractivity contribution < 1.29 is 14.7 Å². The Labute approximate surface area is 159 Å². The van der Waals surface area contributed by atoms with Crippen LogP contribution in [0, 0.1) is 6.92 Å². The molecule has 2 heterocycles. The Bertz CT molecular complexity index is 885. The second-order valence-electron chi connectivity index (χ2n) is 7.20. The van der Waals surface area contributed by atoms with Crippen LogP contribution < -0.4 is 5.73 Å². The molecule has 0 aliphatic carbocycles. The Morgan fingerprint density at radius 3 is 2.59 bits per heavy atom. The minimum atomic E-state index is -0.542. The molecule has 7 heteroatoms. The zero-order chi connectivity index (χ0) is 19.9. The number of phenolic OH excluding ortho intramolecular Hbond substituents is 1. The van der Waals surface area contributed by atoms with Gasteiger partial charge in [0.1, 0.15) is 11.8 Å². The van der Waals surface area contributed by atoms with Crippen LogP contribution in [0.2, 0.25) is 0 Å². The van der Waals surface area contributed by atoms with Gasteiger partial charge in [0.15, 0.2) is 0 Å². The van der Waals surface area contributed by atoms with E-state index in [1.54, 1.807) is 28.0 Å². The molecule has 1 saturated heterocycles. The fraction of sp³-hybridized carbons (Fsp3) is 0.500. The number of hydrogen-bond donors (Lipinski definition) is 2. The average Bonchev–Trinajstić information content (AvgIpc) is 3.14. The molecular formula is C20H28N4O3. The van der Waals surface area contributed by atoms with Gasteiger partial charge in [-0.25, -0.2) is 0 Å². The second-order valence-corrected chi connectivity index (χ2v) is 7.20. The number of phenols is 1. The number of hydrogen-bond acceptors (Lipinski definition) is 4. The number of carbonyl (C=O) groups excluding carboxylic acids is 2. The van der Waals surface area contributed by atoms with Gasteiger partial charge in [0.2, 0.25) is 5.91 Å². The molecule has 27 heavy (non-hydrogen) atoms. The van der Waals surface area contributed by atoms with E-state index in [0.717, 1.165) is 11.2 Å². The molecule has 0 bridgehead atoms. The van der Waals surface area contributed by atoms with E-state index in [1.165, 1.54) is 0 Å². The van der Waals surface area contributed by atoms with Gasteiger partial charge in [-0.15, -0.1) is 0 Å². The number of amides is 2. The maximum atomic E-state index is 13.5. The fourth-order valence-electron chi connectivity index (χ4n) is 4.05. The van der Waals surface area contributed by atoms with Gasteiger partial charge in [-0.05, 0) is 45.4 Å². The van der Waals surface area contributed by atoms with E-state index >= 15 is 0 Å². The molecule has 0 saturated carbocycles. The normalized spacial score (nSPS) is 19.7. The lowest BCUT2D eigenvalue weighted by Crippen LogP contribution is -2.47. The van der Waals surface area contributed by atoms with Crippen LogP contribution >= 0.6 is 0 Å². The summed E-state index contributed by atoms with van der Waals surface area (Å²) >= 11 is 0. The molecular weight excluding hydrogens is 344 g/mol. The number of nitrogens with zero attached hydrogens (tertiary/aromatic N) is 3. The van der Waals surface area contributed by atoms with Crippen molar-refractivity contribution in [3.8, 4) is 5.75 Å². The summed E-state index contributed by atoms with van der Waals surface area (Å²) in [6, 6.07) is 4.24. The van der Waals surface area contributed by atoms with E-state index in [9.17, 15) is 14.7 Å². The Morgan fingerprint density at radius 2 is 1.96 bits per heavy atom. The highest BCUT2D eigenvalue weighted by Gasteiger charge is 2.41. The SMILES string of the molecule is CCN(CC)C(=O)[C@@H]1C[C@H](N)CN1C(=O)c1c(C)n(C)c2ccc(O)cc12. The van der Waals surface area contributed by atoms with Crippen molar-refractivity contribution in [2.75, 3.05) is 19.6 Å². The predicted molar refractivity (Wildman–Crippen MR) is 105 cm³/mol. The Balaban J connectivity index is 2.04. The van der Waals surface area contributed by atoms with Gasteiger partial charge in [0.05, 0.1) is 5.56 Å². The van der Waals surface area contributed by atoms with E-state index in [1.807, 2.05) is 32.4 Å². The number of aryl methyl sites for hydroxylation is 1. The highest BCUT2D eigenvalue weighted by atomic mass is 16.3. The molecule has 0 radical (unpaired) electrons. The zero-order valence-corrected chi connectivity index (χ0v) is 16.4. The number of benzene rings is 1. The first-order valence-corrected chi connectivity index (χ1v) is 9.43. The Kier molecular flexibility index (Phi) is 5.15. The van der Waals surface area contributed by atoms with Gasteiger partial charge in [-0.1, -0.05) is 0 Å². The molecule has 1 aliphatic heterocycles. The highest BCUT2D eigenvalue weighted by Crippen LogP contribution is 2.31. The van der Waals surface area contributed by atoms with Crippen LogP contribution in [0.3, 0.4) is 0 Å². The maximum absolute atomic E-state index is 13.5. The van der Waals surface area contributed by atoms with Gasteiger partial charge >= 0.3 is 0 Å². The predicted octanol–water partition coefficient (Wildman–Crippen LogP) is 1.60.